The maximum absolute atomic E-state index is 12.7. The van der Waals surface area contributed by atoms with Gasteiger partial charge in [0.2, 0.25) is 11.8 Å². The number of benzene rings is 3. The molecule has 2 heterocycles. The van der Waals surface area contributed by atoms with Gasteiger partial charge in [-0.25, -0.2) is 4.98 Å². The van der Waals surface area contributed by atoms with Gasteiger partial charge in [-0.1, -0.05) is 60.3 Å². The van der Waals surface area contributed by atoms with Gasteiger partial charge in [0.1, 0.15) is 16.5 Å². The summed E-state index contributed by atoms with van der Waals surface area (Å²) in [5, 5.41) is 3.68. The zero-order chi connectivity index (χ0) is 23.3. The SMILES string of the molecule is CCOc1ccc(NC(=O)CSc2nc(-c3ccccc3)nc3c2Cc2ccccc2O3)cc1. The van der Waals surface area contributed by atoms with Crippen molar-refractivity contribution in [1.82, 2.24) is 9.97 Å². The lowest BCUT2D eigenvalue weighted by Gasteiger charge is -2.21. The van der Waals surface area contributed by atoms with Crippen molar-refractivity contribution in [2.24, 2.45) is 0 Å². The molecule has 1 aliphatic rings. The van der Waals surface area contributed by atoms with E-state index < -0.39 is 0 Å². The molecule has 6 nitrogen and oxygen atoms in total. The summed E-state index contributed by atoms with van der Waals surface area (Å²) in [5.74, 6) is 2.80. The molecule has 0 saturated carbocycles. The van der Waals surface area contributed by atoms with Crippen LogP contribution in [0.4, 0.5) is 5.69 Å². The predicted octanol–water partition coefficient (Wildman–Crippen LogP) is 5.97. The number of amides is 1. The number of para-hydroxylation sites is 1. The summed E-state index contributed by atoms with van der Waals surface area (Å²) in [6.45, 7) is 2.54. The Morgan fingerprint density at radius 3 is 2.56 bits per heavy atom. The number of anilines is 1. The second kappa shape index (κ2) is 9.97. The maximum Gasteiger partial charge on any atom is 0.234 e. The monoisotopic (exact) mass is 469 g/mol. The minimum absolute atomic E-state index is 0.111. The van der Waals surface area contributed by atoms with Crippen molar-refractivity contribution in [3.05, 3.63) is 90.0 Å². The summed E-state index contributed by atoms with van der Waals surface area (Å²) in [7, 11) is 0. The molecule has 3 aromatic carbocycles. The van der Waals surface area contributed by atoms with E-state index in [9.17, 15) is 4.79 Å². The Balaban J connectivity index is 1.37. The first kappa shape index (κ1) is 22.0. The normalized spacial score (nSPS) is 11.7. The minimum atomic E-state index is -0.111. The van der Waals surface area contributed by atoms with Gasteiger partial charge in [0.15, 0.2) is 5.82 Å². The molecule has 1 N–H and O–H groups in total. The van der Waals surface area contributed by atoms with Crippen LogP contribution in [0.2, 0.25) is 0 Å². The lowest BCUT2D eigenvalue weighted by molar-refractivity contribution is -0.113. The predicted molar refractivity (Wildman–Crippen MR) is 134 cm³/mol. The van der Waals surface area contributed by atoms with Gasteiger partial charge < -0.3 is 14.8 Å². The zero-order valence-electron chi connectivity index (χ0n) is 18.7. The Labute approximate surface area is 202 Å². The van der Waals surface area contributed by atoms with E-state index in [1.54, 1.807) is 0 Å². The number of nitrogens with zero attached hydrogens (tertiary/aromatic N) is 2. The molecule has 0 unspecified atom stereocenters. The van der Waals surface area contributed by atoms with Gasteiger partial charge >= 0.3 is 0 Å². The number of fused-ring (bicyclic) bond motifs is 2. The van der Waals surface area contributed by atoms with Crippen molar-refractivity contribution in [3.8, 4) is 28.8 Å². The zero-order valence-corrected chi connectivity index (χ0v) is 19.5. The van der Waals surface area contributed by atoms with Crippen LogP contribution < -0.4 is 14.8 Å². The molecule has 0 fully saturated rings. The molecule has 1 aromatic heterocycles. The van der Waals surface area contributed by atoms with Gasteiger partial charge in [0.25, 0.3) is 0 Å². The van der Waals surface area contributed by atoms with Crippen LogP contribution >= 0.6 is 11.8 Å². The largest absolute Gasteiger partial charge is 0.494 e. The van der Waals surface area contributed by atoms with E-state index >= 15 is 0 Å². The van der Waals surface area contributed by atoms with E-state index in [1.807, 2.05) is 85.8 Å². The quantitative estimate of drug-likeness (QED) is 0.234. The molecule has 0 aliphatic carbocycles. The summed E-state index contributed by atoms with van der Waals surface area (Å²) < 4.78 is 11.6. The number of carbonyl (C=O) groups excluding carboxylic acids is 1. The standard InChI is InChI=1S/C27H23N3O3S/c1-2-32-21-14-12-20(13-15-21)28-24(31)17-34-27-22-16-19-10-6-7-11-23(19)33-26(22)29-25(30-27)18-8-4-3-5-9-18/h3-15H,2,16-17H2,1H3,(H,28,31). The number of thioether (sulfide) groups is 1. The van der Waals surface area contributed by atoms with Gasteiger partial charge in [-0.05, 0) is 42.8 Å². The van der Waals surface area contributed by atoms with Crippen LogP contribution in [0.3, 0.4) is 0 Å². The smallest absolute Gasteiger partial charge is 0.234 e. The second-order valence-corrected chi connectivity index (χ2v) is 8.65. The molecule has 0 spiro atoms. The Morgan fingerprint density at radius 1 is 1.00 bits per heavy atom. The van der Waals surface area contributed by atoms with Gasteiger partial charge in [-0.2, -0.15) is 4.98 Å². The first-order valence-electron chi connectivity index (χ1n) is 11.1. The molecule has 170 valence electrons. The first-order chi connectivity index (χ1) is 16.7. The molecule has 0 bridgehead atoms. The summed E-state index contributed by atoms with van der Waals surface area (Å²) in [6, 6.07) is 25.0. The highest BCUT2D eigenvalue weighted by molar-refractivity contribution is 8.00. The van der Waals surface area contributed by atoms with Crippen molar-refractivity contribution in [2.45, 2.75) is 18.4 Å². The van der Waals surface area contributed by atoms with Crippen molar-refractivity contribution in [2.75, 3.05) is 17.7 Å². The molecule has 1 aliphatic heterocycles. The lowest BCUT2D eigenvalue weighted by atomic mass is 10.0. The fourth-order valence-corrected chi connectivity index (χ4v) is 4.52. The Hall–Kier alpha value is -3.84. The van der Waals surface area contributed by atoms with Crippen LogP contribution in [0.15, 0.2) is 83.9 Å². The van der Waals surface area contributed by atoms with Crippen molar-refractivity contribution >= 4 is 23.4 Å². The number of rotatable bonds is 7. The summed E-state index contributed by atoms with van der Waals surface area (Å²) in [4.78, 5) is 22.2. The minimum Gasteiger partial charge on any atom is -0.494 e. The average molecular weight is 470 g/mol. The first-order valence-corrected chi connectivity index (χ1v) is 12.1. The fourth-order valence-electron chi connectivity index (χ4n) is 3.69. The van der Waals surface area contributed by atoms with Crippen molar-refractivity contribution in [3.63, 3.8) is 0 Å². The lowest BCUT2D eigenvalue weighted by Crippen LogP contribution is -2.15. The van der Waals surface area contributed by atoms with Crippen LogP contribution in [0.5, 0.6) is 17.4 Å². The molecule has 1 amide bonds. The van der Waals surface area contributed by atoms with E-state index in [1.165, 1.54) is 11.8 Å². The summed E-state index contributed by atoms with van der Waals surface area (Å²) in [6.07, 6.45) is 0.656. The Kier molecular flexibility index (Phi) is 6.44. The third-order valence-electron chi connectivity index (χ3n) is 5.30. The molecular formula is C27H23N3O3S. The third kappa shape index (κ3) is 4.89. The molecule has 0 radical (unpaired) electrons. The highest BCUT2D eigenvalue weighted by Crippen LogP contribution is 2.40. The van der Waals surface area contributed by atoms with E-state index in [-0.39, 0.29) is 11.7 Å². The van der Waals surface area contributed by atoms with Crippen molar-refractivity contribution in [1.29, 1.82) is 0 Å². The fraction of sp³-hybridized carbons (Fsp3) is 0.148. The average Bonchev–Trinajstić information content (AvgIpc) is 2.88. The maximum atomic E-state index is 12.7. The van der Waals surface area contributed by atoms with Gasteiger partial charge in [0, 0.05) is 17.7 Å². The molecule has 34 heavy (non-hydrogen) atoms. The van der Waals surface area contributed by atoms with Crippen LogP contribution in [0.1, 0.15) is 18.1 Å². The number of ether oxygens (including phenoxy) is 2. The Bertz CT molecular complexity index is 1310. The van der Waals surface area contributed by atoms with E-state index in [0.29, 0.717) is 24.7 Å². The molecule has 0 saturated heterocycles. The molecular weight excluding hydrogens is 446 g/mol. The topological polar surface area (TPSA) is 73.3 Å². The van der Waals surface area contributed by atoms with Crippen LogP contribution in [0.25, 0.3) is 11.4 Å². The van der Waals surface area contributed by atoms with Crippen molar-refractivity contribution < 1.29 is 14.3 Å². The van der Waals surface area contributed by atoms with Crippen LogP contribution in [-0.2, 0) is 11.2 Å². The van der Waals surface area contributed by atoms with Crippen LogP contribution in [-0.4, -0.2) is 28.2 Å². The van der Waals surface area contributed by atoms with Gasteiger partial charge in [-0.15, -0.1) is 0 Å². The highest BCUT2D eigenvalue weighted by Gasteiger charge is 2.24. The summed E-state index contributed by atoms with van der Waals surface area (Å²) >= 11 is 1.39. The second-order valence-electron chi connectivity index (χ2n) is 7.68. The number of aromatic nitrogens is 2. The van der Waals surface area contributed by atoms with Crippen LogP contribution in [0, 0.1) is 0 Å². The van der Waals surface area contributed by atoms with E-state index in [0.717, 1.165) is 38.9 Å². The molecule has 7 heteroatoms. The number of hydrogen-bond donors (Lipinski definition) is 1. The number of carbonyl (C=O) groups is 1. The van der Waals surface area contributed by atoms with E-state index in [2.05, 4.69) is 5.32 Å². The molecule has 4 aromatic rings. The molecule has 0 atom stereocenters. The van der Waals surface area contributed by atoms with Gasteiger partial charge in [-0.3, -0.25) is 4.79 Å². The summed E-state index contributed by atoms with van der Waals surface area (Å²) in [5.41, 5.74) is 3.60. The number of hydrogen-bond acceptors (Lipinski definition) is 6. The third-order valence-corrected chi connectivity index (χ3v) is 6.32. The highest BCUT2D eigenvalue weighted by atomic mass is 32.2. The van der Waals surface area contributed by atoms with E-state index in [4.69, 9.17) is 19.4 Å². The van der Waals surface area contributed by atoms with Gasteiger partial charge in [0.05, 0.1) is 17.9 Å². The molecule has 5 rings (SSSR count). The number of nitrogens with one attached hydrogen (secondary N) is 1. The Morgan fingerprint density at radius 2 is 1.76 bits per heavy atom.